The minimum Gasteiger partial charge on any atom is -0.406 e. The Morgan fingerprint density at radius 2 is 1.76 bits per heavy atom. The molecule has 1 aromatic heterocycles. The van der Waals surface area contributed by atoms with Crippen LogP contribution in [0.5, 0.6) is 5.75 Å². The topological polar surface area (TPSA) is 59.1 Å². The Balaban J connectivity index is 1.61. The van der Waals surface area contributed by atoms with Gasteiger partial charge in [-0.15, -0.1) is 13.2 Å². The van der Waals surface area contributed by atoms with Crippen molar-refractivity contribution in [2.45, 2.75) is 58.0 Å². The molecule has 0 saturated heterocycles. The molecule has 1 aliphatic rings. The molecule has 4 rings (SSSR count). The van der Waals surface area contributed by atoms with Gasteiger partial charge in [-0.3, -0.25) is 0 Å². The summed E-state index contributed by atoms with van der Waals surface area (Å²) in [4.78, 5) is 9.23. The lowest BCUT2D eigenvalue weighted by Gasteiger charge is -2.23. The SMILES string of the molecule is Cc1cccc(CNc2cc(-c3cccc(OC(F)(F)F)c3)nc(NC3CCCCC3)n2)c1. The van der Waals surface area contributed by atoms with E-state index in [4.69, 9.17) is 0 Å². The Labute approximate surface area is 191 Å². The van der Waals surface area contributed by atoms with Crippen LogP contribution in [0.15, 0.2) is 54.6 Å². The maximum absolute atomic E-state index is 12.7. The van der Waals surface area contributed by atoms with Crippen LogP contribution in [0.3, 0.4) is 0 Å². The molecule has 2 aromatic carbocycles. The fourth-order valence-corrected chi connectivity index (χ4v) is 4.05. The highest BCUT2D eigenvalue weighted by Crippen LogP contribution is 2.29. The van der Waals surface area contributed by atoms with E-state index < -0.39 is 6.36 Å². The number of halogens is 3. The average molecular weight is 457 g/mol. The molecule has 2 N–H and O–H groups in total. The van der Waals surface area contributed by atoms with Crippen molar-refractivity contribution in [3.05, 3.63) is 65.7 Å². The van der Waals surface area contributed by atoms with Gasteiger partial charge in [0.15, 0.2) is 0 Å². The molecule has 0 aliphatic heterocycles. The highest BCUT2D eigenvalue weighted by Gasteiger charge is 2.31. The number of alkyl halides is 3. The van der Waals surface area contributed by atoms with Gasteiger partial charge in [0, 0.05) is 24.2 Å². The van der Waals surface area contributed by atoms with Crippen molar-refractivity contribution in [2.24, 2.45) is 0 Å². The summed E-state index contributed by atoms with van der Waals surface area (Å²) < 4.78 is 42.1. The molecule has 3 aromatic rings. The Morgan fingerprint density at radius 1 is 0.970 bits per heavy atom. The third kappa shape index (κ3) is 6.84. The first kappa shape index (κ1) is 22.9. The zero-order valence-electron chi connectivity index (χ0n) is 18.5. The maximum atomic E-state index is 12.7. The number of ether oxygens (including phenoxy) is 1. The zero-order chi connectivity index (χ0) is 23.3. The smallest absolute Gasteiger partial charge is 0.406 e. The largest absolute Gasteiger partial charge is 0.573 e. The minimum absolute atomic E-state index is 0.283. The Hall–Kier alpha value is -3.29. The van der Waals surface area contributed by atoms with Crippen molar-refractivity contribution >= 4 is 11.8 Å². The second-order valence-corrected chi connectivity index (χ2v) is 8.36. The van der Waals surface area contributed by atoms with Crippen LogP contribution in [0.25, 0.3) is 11.3 Å². The van der Waals surface area contributed by atoms with Gasteiger partial charge in [-0.2, -0.15) is 4.98 Å². The normalized spacial score (nSPS) is 14.7. The second kappa shape index (κ2) is 10.1. The van der Waals surface area contributed by atoms with Crippen LogP contribution in [0, 0.1) is 6.92 Å². The molecule has 0 amide bonds. The van der Waals surface area contributed by atoms with Crippen molar-refractivity contribution < 1.29 is 17.9 Å². The first-order valence-corrected chi connectivity index (χ1v) is 11.2. The fraction of sp³-hybridized carbons (Fsp3) is 0.360. The molecule has 0 unspecified atom stereocenters. The lowest BCUT2D eigenvalue weighted by molar-refractivity contribution is -0.274. The van der Waals surface area contributed by atoms with Gasteiger partial charge in [-0.1, -0.05) is 61.2 Å². The van der Waals surface area contributed by atoms with E-state index in [0.29, 0.717) is 35.6 Å². The van der Waals surface area contributed by atoms with E-state index in [1.54, 1.807) is 12.1 Å². The summed E-state index contributed by atoms with van der Waals surface area (Å²) in [6.07, 6.45) is 0.898. The van der Waals surface area contributed by atoms with E-state index in [1.165, 1.54) is 30.2 Å². The lowest BCUT2D eigenvalue weighted by atomic mass is 9.96. The second-order valence-electron chi connectivity index (χ2n) is 8.36. The zero-order valence-corrected chi connectivity index (χ0v) is 18.5. The number of anilines is 2. The molecule has 0 atom stereocenters. The monoisotopic (exact) mass is 456 g/mol. The quantitative estimate of drug-likeness (QED) is 0.414. The molecule has 1 saturated carbocycles. The van der Waals surface area contributed by atoms with Gasteiger partial charge in [0.1, 0.15) is 11.6 Å². The van der Waals surface area contributed by atoms with E-state index >= 15 is 0 Å². The van der Waals surface area contributed by atoms with Gasteiger partial charge >= 0.3 is 6.36 Å². The van der Waals surface area contributed by atoms with Crippen molar-refractivity contribution in [1.29, 1.82) is 0 Å². The van der Waals surface area contributed by atoms with E-state index in [2.05, 4.69) is 31.4 Å². The van der Waals surface area contributed by atoms with Crippen LogP contribution >= 0.6 is 0 Å². The number of rotatable bonds is 7. The van der Waals surface area contributed by atoms with E-state index in [-0.39, 0.29) is 5.75 Å². The van der Waals surface area contributed by atoms with Crippen LogP contribution < -0.4 is 15.4 Å². The fourth-order valence-electron chi connectivity index (χ4n) is 4.05. The Bertz CT molecular complexity index is 1080. The third-order valence-corrected chi connectivity index (χ3v) is 5.58. The van der Waals surface area contributed by atoms with Crippen LogP contribution in [0.2, 0.25) is 0 Å². The van der Waals surface area contributed by atoms with Crippen molar-refractivity contribution in [3.8, 4) is 17.0 Å². The molecule has 0 spiro atoms. The number of aryl methyl sites for hydroxylation is 1. The minimum atomic E-state index is -4.75. The molecule has 1 aliphatic carbocycles. The van der Waals surface area contributed by atoms with Gasteiger partial charge < -0.3 is 15.4 Å². The van der Waals surface area contributed by atoms with E-state index in [0.717, 1.165) is 31.2 Å². The predicted molar refractivity (Wildman–Crippen MR) is 123 cm³/mol. The molecule has 174 valence electrons. The number of hydrogen-bond acceptors (Lipinski definition) is 5. The molecule has 1 heterocycles. The third-order valence-electron chi connectivity index (χ3n) is 5.58. The number of benzene rings is 2. The van der Waals surface area contributed by atoms with Crippen LogP contribution in [0.4, 0.5) is 24.9 Å². The first-order chi connectivity index (χ1) is 15.8. The first-order valence-electron chi connectivity index (χ1n) is 11.2. The summed E-state index contributed by atoms with van der Waals surface area (Å²) in [5, 5.41) is 6.74. The summed E-state index contributed by atoms with van der Waals surface area (Å²) in [6, 6.07) is 16.0. The summed E-state index contributed by atoms with van der Waals surface area (Å²) in [5.74, 6) is 0.782. The number of aromatic nitrogens is 2. The molecule has 33 heavy (non-hydrogen) atoms. The summed E-state index contributed by atoms with van der Waals surface area (Å²) in [5.41, 5.74) is 3.31. The van der Waals surface area contributed by atoms with Crippen LogP contribution in [-0.2, 0) is 6.54 Å². The van der Waals surface area contributed by atoms with Crippen molar-refractivity contribution in [3.63, 3.8) is 0 Å². The number of nitrogens with zero attached hydrogens (tertiary/aromatic N) is 2. The standard InChI is InChI=1S/C25H27F3N4O/c1-17-7-5-8-18(13-17)16-29-23-15-22(19-9-6-12-21(14-19)33-25(26,27)28)31-24(32-23)30-20-10-3-2-4-11-20/h5-9,12-15,20H,2-4,10-11,16H2,1H3,(H2,29,30,31,32). The Morgan fingerprint density at radius 3 is 2.52 bits per heavy atom. The molecular formula is C25H27F3N4O. The lowest BCUT2D eigenvalue weighted by Crippen LogP contribution is -2.23. The summed E-state index contributed by atoms with van der Waals surface area (Å²) in [6.45, 7) is 2.60. The Kier molecular flexibility index (Phi) is 7.01. The predicted octanol–water partition coefficient (Wildman–Crippen LogP) is 6.71. The maximum Gasteiger partial charge on any atom is 0.573 e. The molecule has 0 bridgehead atoms. The van der Waals surface area contributed by atoms with Gasteiger partial charge in [0.2, 0.25) is 5.95 Å². The number of hydrogen-bond donors (Lipinski definition) is 2. The highest BCUT2D eigenvalue weighted by atomic mass is 19.4. The molecule has 0 radical (unpaired) electrons. The van der Waals surface area contributed by atoms with Gasteiger partial charge in [0.05, 0.1) is 5.69 Å². The summed E-state index contributed by atoms with van der Waals surface area (Å²) in [7, 11) is 0. The van der Waals surface area contributed by atoms with Gasteiger partial charge in [0.25, 0.3) is 0 Å². The molecule has 1 fully saturated rings. The van der Waals surface area contributed by atoms with E-state index in [9.17, 15) is 13.2 Å². The van der Waals surface area contributed by atoms with Crippen LogP contribution in [0.1, 0.15) is 43.2 Å². The van der Waals surface area contributed by atoms with Gasteiger partial charge in [-0.05, 0) is 37.5 Å². The summed E-state index contributed by atoms with van der Waals surface area (Å²) >= 11 is 0. The van der Waals surface area contributed by atoms with Crippen LogP contribution in [-0.4, -0.2) is 22.4 Å². The molecule has 8 heteroatoms. The highest BCUT2D eigenvalue weighted by molar-refractivity contribution is 5.66. The van der Waals surface area contributed by atoms with Crippen molar-refractivity contribution in [1.82, 2.24) is 9.97 Å². The number of nitrogens with one attached hydrogen (secondary N) is 2. The average Bonchev–Trinajstić information content (AvgIpc) is 2.77. The molecule has 5 nitrogen and oxygen atoms in total. The van der Waals surface area contributed by atoms with E-state index in [1.807, 2.05) is 25.1 Å². The van der Waals surface area contributed by atoms with Gasteiger partial charge in [-0.25, -0.2) is 4.98 Å². The van der Waals surface area contributed by atoms with Crippen molar-refractivity contribution in [2.75, 3.05) is 10.6 Å². The molecular weight excluding hydrogens is 429 g/mol.